The summed E-state index contributed by atoms with van der Waals surface area (Å²) in [4.78, 5) is 0. The van der Waals surface area contributed by atoms with Crippen LogP contribution in [0.1, 0.15) is 30.5 Å². The van der Waals surface area contributed by atoms with E-state index in [0.29, 0.717) is 18.8 Å². The first-order chi connectivity index (χ1) is 8.90. The minimum absolute atomic E-state index is 0.0491. The van der Waals surface area contributed by atoms with Crippen molar-refractivity contribution in [3.8, 4) is 0 Å². The van der Waals surface area contributed by atoms with Crippen LogP contribution in [0.2, 0.25) is 0 Å². The van der Waals surface area contributed by atoms with Gasteiger partial charge in [-0.25, -0.2) is 0 Å². The Bertz CT molecular complexity index is 409. The average molecular weight is 340 g/mol. The first-order valence-electron chi connectivity index (χ1n) is 6.01. The van der Waals surface area contributed by atoms with Gasteiger partial charge in [0.15, 0.2) is 0 Å². The van der Waals surface area contributed by atoms with Gasteiger partial charge in [-0.3, -0.25) is 0 Å². The first kappa shape index (κ1) is 16.5. The zero-order chi connectivity index (χ0) is 14.5. The van der Waals surface area contributed by atoms with Gasteiger partial charge in [-0.2, -0.15) is 13.2 Å². The number of rotatable bonds is 6. The van der Waals surface area contributed by atoms with Crippen LogP contribution >= 0.6 is 15.9 Å². The van der Waals surface area contributed by atoms with Gasteiger partial charge in [0.1, 0.15) is 0 Å². The molecule has 0 aromatic heterocycles. The second-order valence-corrected chi connectivity index (χ2v) is 5.01. The highest BCUT2D eigenvalue weighted by Crippen LogP contribution is 2.36. The van der Waals surface area contributed by atoms with E-state index in [1.54, 1.807) is 13.1 Å². The molecule has 1 aromatic carbocycles. The van der Waals surface area contributed by atoms with Gasteiger partial charge < -0.3 is 10.1 Å². The van der Waals surface area contributed by atoms with Crippen molar-refractivity contribution in [3.63, 3.8) is 0 Å². The van der Waals surface area contributed by atoms with Gasteiger partial charge in [0.05, 0.1) is 18.2 Å². The van der Waals surface area contributed by atoms with Gasteiger partial charge in [-0.1, -0.05) is 28.9 Å². The second-order valence-electron chi connectivity index (χ2n) is 4.15. The van der Waals surface area contributed by atoms with Crippen LogP contribution in [0.15, 0.2) is 22.7 Å². The molecule has 0 aliphatic rings. The minimum Gasteiger partial charge on any atom is -0.379 e. The van der Waals surface area contributed by atoms with Crippen LogP contribution in [0, 0.1) is 0 Å². The number of likely N-dealkylation sites (N-methyl/N-ethyl adjacent to an activating group) is 1. The van der Waals surface area contributed by atoms with Crippen LogP contribution in [0.3, 0.4) is 0 Å². The van der Waals surface area contributed by atoms with E-state index in [-0.39, 0.29) is 10.5 Å². The summed E-state index contributed by atoms with van der Waals surface area (Å²) in [5.74, 6) is 0. The van der Waals surface area contributed by atoms with Crippen molar-refractivity contribution in [2.24, 2.45) is 0 Å². The molecule has 0 heterocycles. The van der Waals surface area contributed by atoms with Crippen molar-refractivity contribution in [1.82, 2.24) is 5.32 Å². The third-order valence-corrected chi connectivity index (χ3v) is 3.37. The molecule has 0 saturated carbocycles. The predicted molar refractivity (Wildman–Crippen MR) is 72.1 cm³/mol. The van der Waals surface area contributed by atoms with Crippen molar-refractivity contribution in [3.05, 3.63) is 33.8 Å². The number of alkyl halides is 3. The quantitative estimate of drug-likeness (QED) is 0.786. The van der Waals surface area contributed by atoms with Crippen LogP contribution in [-0.2, 0) is 10.9 Å². The summed E-state index contributed by atoms with van der Waals surface area (Å²) in [7, 11) is 1.70. The molecule has 1 rings (SSSR count). The van der Waals surface area contributed by atoms with Crippen LogP contribution < -0.4 is 5.32 Å². The minimum atomic E-state index is -4.36. The number of hydrogen-bond donors (Lipinski definition) is 1. The SMILES string of the molecule is CCCOCC(NC)c1ccc(Br)c(C(F)(F)F)c1. The average Bonchev–Trinajstić information content (AvgIpc) is 2.34. The Kier molecular flexibility index (Phi) is 6.29. The topological polar surface area (TPSA) is 21.3 Å². The van der Waals surface area contributed by atoms with Gasteiger partial charge >= 0.3 is 6.18 Å². The highest BCUT2D eigenvalue weighted by molar-refractivity contribution is 9.10. The first-order valence-corrected chi connectivity index (χ1v) is 6.81. The lowest BCUT2D eigenvalue weighted by Gasteiger charge is -2.19. The zero-order valence-corrected chi connectivity index (χ0v) is 12.4. The number of hydrogen-bond acceptors (Lipinski definition) is 2. The van der Waals surface area contributed by atoms with Gasteiger partial charge in [0, 0.05) is 11.1 Å². The Labute approximate surface area is 119 Å². The molecule has 0 spiro atoms. The molecule has 0 amide bonds. The second kappa shape index (κ2) is 7.26. The molecular formula is C13H17BrF3NO. The summed E-state index contributed by atoms with van der Waals surface area (Å²) in [6.07, 6.45) is -3.48. The molecule has 2 nitrogen and oxygen atoms in total. The Morgan fingerprint density at radius 2 is 2.05 bits per heavy atom. The number of halogens is 4. The van der Waals surface area contributed by atoms with E-state index < -0.39 is 11.7 Å². The molecule has 1 aromatic rings. The molecule has 0 radical (unpaired) electrons. The molecule has 1 unspecified atom stereocenters. The molecule has 1 N–H and O–H groups in total. The monoisotopic (exact) mass is 339 g/mol. The molecule has 6 heteroatoms. The van der Waals surface area contributed by atoms with E-state index in [2.05, 4.69) is 21.2 Å². The third-order valence-electron chi connectivity index (χ3n) is 2.68. The van der Waals surface area contributed by atoms with Crippen molar-refractivity contribution >= 4 is 15.9 Å². The van der Waals surface area contributed by atoms with Crippen LogP contribution in [0.25, 0.3) is 0 Å². The number of ether oxygens (including phenoxy) is 1. The van der Waals surface area contributed by atoms with E-state index in [1.807, 2.05) is 6.92 Å². The molecule has 0 aliphatic heterocycles. The molecule has 108 valence electrons. The van der Waals surface area contributed by atoms with Gasteiger partial charge in [0.2, 0.25) is 0 Å². The summed E-state index contributed by atoms with van der Waals surface area (Å²) in [6, 6.07) is 3.99. The lowest BCUT2D eigenvalue weighted by atomic mass is 10.0. The summed E-state index contributed by atoms with van der Waals surface area (Å²) in [5.41, 5.74) is -0.102. The largest absolute Gasteiger partial charge is 0.417 e. The highest BCUT2D eigenvalue weighted by atomic mass is 79.9. The van der Waals surface area contributed by atoms with Crippen LogP contribution in [0.4, 0.5) is 13.2 Å². The zero-order valence-electron chi connectivity index (χ0n) is 10.9. The number of benzene rings is 1. The fourth-order valence-electron chi connectivity index (χ4n) is 1.67. The van der Waals surface area contributed by atoms with Crippen molar-refractivity contribution in [2.45, 2.75) is 25.6 Å². The fraction of sp³-hybridized carbons (Fsp3) is 0.538. The number of nitrogens with one attached hydrogen (secondary N) is 1. The lowest BCUT2D eigenvalue weighted by Crippen LogP contribution is -2.22. The van der Waals surface area contributed by atoms with Crippen molar-refractivity contribution < 1.29 is 17.9 Å². The van der Waals surface area contributed by atoms with E-state index in [4.69, 9.17) is 4.74 Å². The van der Waals surface area contributed by atoms with Crippen LogP contribution in [-0.4, -0.2) is 20.3 Å². The predicted octanol–water partition coefficient (Wildman–Crippen LogP) is 4.16. The van der Waals surface area contributed by atoms with Gasteiger partial charge in [-0.05, 0) is 31.2 Å². The Hall–Kier alpha value is -0.590. The maximum absolute atomic E-state index is 12.8. The van der Waals surface area contributed by atoms with E-state index in [1.165, 1.54) is 6.07 Å². The Balaban J connectivity index is 2.93. The molecular weight excluding hydrogens is 323 g/mol. The van der Waals surface area contributed by atoms with Crippen molar-refractivity contribution in [1.29, 1.82) is 0 Å². The van der Waals surface area contributed by atoms with Gasteiger partial charge in [0.25, 0.3) is 0 Å². The lowest BCUT2D eigenvalue weighted by molar-refractivity contribution is -0.138. The molecule has 0 bridgehead atoms. The maximum Gasteiger partial charge on any atom is 0.417 e. The molecule has 0 fully saturated rings. The van der Waals surface area contributed by atoms with E-state index in [0.717, 1.165) is 12.5 Å². The summed E-state index contributed by atoms with van der Waals surface area (Å²) in [6.45, 7) is 2.93. The van der Waals surface area contributed by atoms with Gasteiger partial charge in [-0.15, -0.1) is 0 Å². The molecule has 0 saturated heterocycles. The molecule has 0 aliphatic carbocycles. The standard InChI is InChI=1S/C13H17BrF3NO/c1-3-6-19-8-12(18-2)9-4-5-11(14)10(7-9)13(15,16)17/h4-5,7,12,18H,3,6,8H2,1-2H3. The Morgan fingerprint density at radius 1 is 1.37 bits per heavy atom. The highest BCUT2D eigenvalue weighted by Gasteiger charge is 2.33. The summed E-state index contributed by atoms with van der Waals surface area (Å²) < 4.78 is 43.9. The molecule has 1 atom stereocenters. The summed E-state index contributed by atoms with van der Waals surface area (Å²) in [5, 5.41) is 2.97. The molecule has 19 heavy (non-hydrogen) atoms. The van der Waals surface area contributed by atoms with E-state index >= 15 is 0 Å². The Morgan fingerprint density at radius 3 is 2.58 bits per heavy atom. The van der Waals surface area contributed by atoms with Crippen molar-refractivity contribution in [2.75, 3.05) is 20.3 Å². The smallest absolute Gasteiger partial charge is 0.379 e. The maximum atomic E-state index is 12.8. The third kappa shape index (κ3) is 4.78. The normalized spacial score (nSPS) is 13.6. The van der Waals surface area contributed by atoms with Crippen LogP contribution in [0.5, 0.6) is 0 Å². The fourth-order valence-corrected chi connectivity index (χ4v) is 2.14. The summed E-state index contributed by atoms with van der Waals surface area (Å²) >= 11 is 2.93. The van der Waals surface area contributed by atoms with E-state index in [9.17, 15) is 13.2 Å².